The third kappa shape index (κ3) is 2.16. The quantitative estimate of drug-likeness (QED) is 0.810. The highest BCUT2D eigenvalue weighted by Crippen LogP contribution is 2.37. The van der Waals surface area contributed by atoms with E-state index in [1.807, 2.05) is 0 Å². The van der Waals surface area contributed by atoms with E-state index in [-0.39, 0.29) is 5.56 Å². The van der Waals surface area contributed by atoms with Crippen LogP contribution in [0.5, 0.6) is 0 Å². The Bertz CT molecular complexity index is 665. The van der Waals surface area contributed by atoms with Crippen LogP contribution in [-0.2, 0) is 19.3 Å². The molecule has 0 spiro atoms. The molecular weight excluding hydrogens is 272 g/mol. The van der Waals surface area contributed by atoms with Gasteiger partial charge in [-0.15, -0.1) is 0 Å². The fourth-order valence-corrected chi connectivity index (χ4v) is 2.38. The van der Waals surface area contributed by atoms with Crippen molar-refractivity contribution in [3.05, 3.63) is 53.1 Å². The summed E-state index contributed by atoms with van der Waals surface area (Å²) in [4.78, 5) is 3.30. The number of alkyl halides is 3. The first-order valence-electron chi connectivity index (χ1n) is 6.01. The Morgan fingerprint density at radius 3 is 2.55 bits per heavy atom. The van der Waals surface area contributed by atoms with Crippen LogP contribution in [0, 0.1) is 5.82 Å². The summed E-state index contributed by atoms with van der Waals surface area (Å²) < 4.78 is 52.7. The molecule has 20 heavy (non-hydrogen) atoms. The van der Waals surface area contributed by atoms with Crippen LogP contribution < -0.4 is 5.32 Å². The van der Waals surface area contributed by atoms with Crippen molar-refractivity contribution in [2.24, 2.45) is 0 Å². The van der Waals surface area contributed by atoms with E-state index >= 15 is 0 Å². The van der Waals surface area contributed by atoms with Gasteiger partial charge in [0, 0.05) is 24.8 Å². The number of hydrogen-bond donors (Lipinski definition) is 1. The summed E-state index contributed by atoms with van der Waals surface area (Å²) in [6.45, 7) is 1.25. The second-order valence-corrected chi connectivity index (χ2v) is 4.60. The summed E-state index contributed by atoms with van der Waals surface area (Å²) in [5.41, 5.74) is 0.425. The molecule has 2 heterocycles. The number of nitrogens with one attached hydrogen (secondary N) is 1. The third-order valence-electron chi connectivity index (χ3n) is 3.29. The van der Waals surface area contributed by atoms with Crippen LogP contribution in [0.15, 0.2) is 30.5 Å². The zero-order valence-corrected chi connectivity index (χ0v) is 10.3. The Hall–Kier alpha value is -1.95. The standard InChI is InChI=1S/C14H10F4N2/c15-11-3-4-20-13(14(16,17)18)12(11)8-1-2-9-6-19-7-10(9)5-8/h1-5,19H,6-7H2. The fourth-order valence-electron chi connectivity index (χ4n) is 2.38. The van der Waals surface area contributed by atoms with Crippen LogP contribution in [-0.4, -0.2) is 4.98 Å². The average molecular weight is 282 g/mol. The molecule has 6 heteroatoms. The van der Waals surface area contributed by atoms with Crippen LogP contribution in [0.3, 0.4) is 0 Å². The number of rotatable bonds is 1. The number of halogens is 4. The highest BCUT2D eigenvalue weighted by atomic mass is 19.4. The highest BCUT2D eigenvalue weighted by Gasteiger charge is 2.37. The van der Waals surface area contributed by atoms with Gasteiger partial charge in [0.25, 0.3) is 0 Å². The molecule has 0 aliphatic carbocycles. The molecule has 1 N–H and O–H groups in total. The molecule has 0 saturated carbocycles. The topological polar surface area (TPSA) is 24.9 Å². The molecule has 1 aliphatic heterocycles. The van der Waals surface area contributed by atoms with Gasteiger partial charge in [-0.25, -0.2) is 4.39 Å². The fraction of sp³-hybridized carbons (Fsp3) is 0.214. The zero-order valence-electron chi connectivity index (χ0n) is 10.3. The van der Waals surface area contributed by atoms with Crippen molar-refractivity contribution in [2.75, 3.05) is 0 Å². The Kier molecular flexibility index (Phi) is 2.97. The first-order chi connectivity index (χ1) is 9.47. The number of aromatic nitrogens is 1. The summed E-state index contributed by atoms with van der Waals surface area (Å²) >= 11 is 0. The maximum absolute atomic E-state index is 13.9. The van der Waals surface area contributed by atoms with Gasteiger partial charge in [-0.3, -0.25) is 4.98 Å². The third-order valence-corrected chi connectivity index (χ3v) is 3.29. The molecule has 0 atom stereocenters. The largest absolute Gasteiger partial charge is 0.434 e. The van der Waals surface area contributed by atoms with E-state index in [4.69, 9.17) is 0 Å². The monoisotopic (exact) mass is 282 g/mol. The summed E-state index contributed by atoms with van der Waals surface area (Å²) in [7, 11) is 0. The molecular formula is C14H10F4N2. The van der Waals surface area contributed by atoms with E-state index in [2.05, 4.69) is 10.3 Å². The molecule has 0 unspecified atom stereocenters. The van der Waals surface area contributed by atoms with Crippen molar-refractivity contribution < 1.29 is 17.6 Å². The lowest BCUT2D eigenvalue weighted by molar-refractivity contribution is -0.140. The molecule has 2 nitrogen and oxygen atoms in total. The Morgan fingerprint density at radius 1 is 1.05 bits per heavy atom. The average Bonchev–Trinajstić information content (AvgIpc) is 2.84. The minimum Gasteiger partial charge on any atom is -0.309 e. The molecule has 3 rings (SSSR count). The van der Waals surface area contributed by atoms with Gasteiger partial charge in [-0.2, -0.15) is 13.2 Å². The van der Waals surface area contributed by atoms with Gasteiger partial charge in [-0.1, -0.05) is 12.1 Å². The van der Waals surface area contributed by atoms with Gasteiger partial charge in [0.1, 0.15) is 5.82 Å². The van der Waals surface area contributed by atoms with E-state index in [0.717, 1.165) is 23.4 Å². The number of hydrogen-bond acceptors (Lipinski definition) is 2. The molecule has 104 valence electrons. The van der Waals surface area contributed by atoms with Crippen molar-refractivity contribution in [3.63, 3.8) is 0 Å². The second-order valence-electron chi connectivity index (χ2n) is 4.60. The zero-order chi connectivity index (χ0) is 14.3. The van der Waals surface area contributed by atoms with Crippen molar-refractivity contribution in [3.8, 4) is 11.1 Å². The van der Waals surface area contributed by atoms with Crippen LogP contribution in [0.2, 0.25) is 0 Å². The normalized spacial score (nSPS) is 14.4. The first-order valence-corrected chi connectivity index (χ1v) is 6.01. The van der Waals surface area contributed by atoms with Gasteiger partial charge in [-0.05, 0) is 28.8 Å². The van der Waals surface area contributed by atoms with Crippen molar-refractivity contribution in [1.29, 1.82) is 0 Å². The predicted octanol–water partition coefficient (Wildman–Crippen LogP) is 3.51. The van der Waals surface area contributed by atoms with E-state index in [9.17, 15) is 17.6 Å². The summed E-state index contributed by atoms with van der Waals surface area (Å²) in [5, 5.41) is 3.09. The highest BCUT2D eigenvalue weighted by molar-refractivity contribution is 5.68. The molecule has 1 aliphatic rings. The lowest BCUT2D eigenvalue weighted by Crippen LogP contribution is -2.11. The van der Waals surface area contributed by atoms with Gasteiger partial charge >= 0.3 is 6.18 Å². The first kappa shape index (κ1) is 13.1. The maximum Gasteiger partial charge on any atom is 0.434 e. The Labute approximate surface area is 112 Å². The van der Waals surface area contributed by atoms with Gasteiger partial charge < -0.3 is 5.32 Å². The van der Waals surface area contributed by atoms with Gasteiger partial charge in [0.2, 0.25) is 0 Å². The van der Waals surface area contributed by atoms with Crippen LogP contribution in [0.1, 0.15) is 16.8 Å². The molecule has 0 saturated heterocycles. The molecule has 1 aromatic carbocycles. The molecule has 2 aromatic rings. The van der Waals surface area contributed by atoms with E-state index in [1.54, 1.807) is 12.1 Å². The van der Waals surface area contributed by atoms with E-state index in [0.29, 0.717) is 13.1 Å². The SMILES string of the molecule is Fc1ccnc(C(F)(F)F)c1-c1ccc2c(c1)CNC2. The number of pyridine rings is 1. The predicted molar refractivity (Wildman–Crippen MR) is 65.2 cm³/mol. The second kappa shape index (κ2) is 4.56. The van der Waals surface area contributed by atoms with Gasteiger partial charge in [0.15, 0.2) is 5.69 Å². The number of benzene rings is 1. The van der Waals surface area contributed by atoms with Crippen LogP contribution in [0.4, 0.5) is 17.6 Å². The maximum atomic E-state index is 13.9. The van der Waals surface area contributed by atoms with E-state index < -0.39 is 23.3 Å². The molecule has 0 fully saturated rings. The lowest BCUT2D eigenvalue weighted by atomic mass is 9.98. The Morgan fingerprint density at radius 2 is 1.80 bits per heavy atom. The van der Waals surface area contributed by atoms with Crippen LogP contribution in [0.25, 0.3) is 11.1 Å². The molecule has 0 amide bonds. The van der Waals surface area contributed by atoms with Crippen molar-refractivity contribution in [1.82, 2.24) is 10.3 Å². The summed E-state index contributed by atoms with van der Waals surface area (Å²) in [6, 6.07) is 5.75. The molecule has 0 bridgehead atoms. The number of nitrogens with zero attached hydrogens (tertiary/aromatic N) is 1. The Balaban J connectivity index is 2.19. The molecule has 0 radical (unpaired) electrons. The van der Waals surface area contributed by atoms with Crippen LogP contribution >= 0.6 is 0 Å². The minimum atomic E-state index is -4.69. The van der Waals surface area contributed by atoms with Gasteiger partial charge in [0.05, 0.1) is 0 Å². The lowest BCUT2D eigenvalue weighted by Gasteiger charge is -2.13. The molecule has 1 aromatic heterocycles. The van der Waals surface area contributed by atoms with Crippen molar-refractivity contribution >= 4 is 0 Å². The number of fused-ring (bicyclic) bond motifs is 1. The summed E-state index contributed by atoms with van der Waals surface area (Å²) in [6.07, 6.45) is -3.86. The smallest absolute Gasteiger partial charge is 0.309 e. The van der Waals surface area contributed by atoms with Crippen molar-refractivity contribution in [2.45, 2.75) is 19.3 Å². The summed E-state index contributed by atoms with van der Waals surface area (Å²) in [5.74, 6) is -0.918. The minimum absolute atomic E-state index is 0.199. The van der Waals surface area contributed by atoms with E-state index in [1.165, 1.54) is 6.07 Å².